The van der Waals surface area contributed by atoms with Crippen LogP contribution in [0.4, 0.5) is 0 Å². The molecule has 0 radical (unpaired) electrons. The number of hydrogen-bond acceptors (Lipinski definition) is 7. The molecule has 2 rings (SSSR count). The normalized spacial score (nSPS) is 14.6. The molecule has 0 spiro atoms. The number of hydrogen-bond donors (Lipinski definition) is 1. The van der Waals surface area contributed by atoms with Gasteiger partial charge in [-0.25, -0.2) is 9.59 Å². The summed E-state index contributed by atoms with van der Waals surface area (Å²) < 4.78 is 15.1. The van der Waals surface area contributed by atoms with Gasteiger partial charge in [-0.2, -0.15) is 0 Å². The molecule has 1 N–H and O–H groups in total. The number of nitrogens with zero attached hydrogens (tertiary/aromatic N) is 1. The highest BCUT2D eigenvalue weighted by molar-refractivity contribution is 5.99. The molecule has 0 bridgehead atoms. The Bertz CT molecular complexity index is 789. The van der Waals surface area contributed by atoms with Crippen LogP contribution in [0.3, 0.4) is 0 Å². The third-order valence-electron chi connectivity index (χ3n) is 4.90. The number of H-pyrrole nitrogens is 1. The second-order valence-corrected chi connectivity index (χ2v) is 7.33. The van der Waals surface area contributed by atoms with Gasteiger partial charge in [-0.3, -0.25) is 9.59 Å². The van der Waals surface area contributed by atoms with Crippen LogP contribution in [-0.2, 0) is 23.8 Å². The number of likely N-dealkylation sites (tertiary alicyclic amines) is 1. The second-order valence-electron chi connectivity index (χ2n) is 7.33. The van der Waals surface area contributed by atoms with Crippen LogP contribution in [0.25, 0.3) is 0 Å². The van der Waals surface area contributed by atoms with E-state index in [1.165, 1.54) is 7.11 Å². The molecule has 1 aliphatic heterocycles. The Morgan fingerprint density at radius 1 is 1.10 bits per heavy atom. The zero-order valence-corrected chi connectivity index (χ0v) is 17.5. The molecule has 0 aliphatic carbocycles. The van der Waals surface area contributed by atoms with Crippen molar-refractivity contribution < 1.29 is 33.4 Å². The van der Waals surface area contributed by atoms with E-state index < -0.39 is 18.5 Å². The maximum atomic E-state index is 12.4. The lowest BCUT2D eigenvalue weighted by molar-refractivity contribution is -0.149. The molecule has 1 aromatic rings. The van der Waals surface area contributed by atoms with Gasteiger partial charge in [-0.15, -0.1) is 0 Å². The van der Waals surface area contributed by atoms with Crippen LogP contribution in [0.15, 0.2) is 0 Å². The first-order valence-corrected chi connectivity index (χ1v) is 9.58. The number of methoxy groups -OCH3 is 1. The van der Waals surface area contributed by atoms with E-state index in [1.54, 1.807) is 32.6 Å². The number of carbonyl (C=O) groups is 4. The highest BCUT2D eigenvalue weighted by atomic mass is 16.5. The highest BCUT2D eigenvalue weighted by Gasteiger charge is 2.29. The summed E-state index contributed by atoms with van der Waals surface area (Å²) in [4.78, 5) is 52.9. The van der Waals surface area contributed by atoms with E-state index in [-0.39, 0.29) is 29.6 Å². The van der Waals surface area contributed by atoms with Crippen LogP contribution >= 0.6 is 0 Å². The van der Waals surface area contributed by atoms with Crippen LogP contribution in [-0.4, -0.2) is 66.6 Å². The van der Waals surface area contributed by atoms with Crippen LogP contribution in [0.2, 0.25) is 0 Å². The van der Waals surface area contributed by atoms with E-state index >= 15 is 0 Å². The van der Waals surface area contributed by atoms with E-state index in [1.807, 2.05) is 0 Å². The molecule has 1 amide bonds. The lowest BCUT2D eigenvalue weighted by atomic mass is 9.97. The molecule has 1 saturated heterocycles. The average Bonchev–Trinajstić information content (AvgIpc) is 2.99. The number of piperidine rings is 1. The van der Waals surface area contributed by atoms with Gasteiger partial charge in [0.25, 0.3) is 5.91 Å². The Balaban J connectivity index is 1.94. The fourth-order valence-corrected chi connectivity index (χ4v) is 3.36. The van der Waals surface area contributed by atoms with Gasteiger partial charge >= 0.3 is 17.9 Å². The molecular weight excluding hydrogens is 380 g/mol. The van der Waals surface area contributed by atoms with E-state index in [4.69, 9.17) is 14.2 Å². The predicted octanol–water partition coefficient (Wildman–Crippen LogP) is 1.77. The van der Waals surface area contributed by atoms with Gasteiger partial charge in [0, 0.05) is 18.8 Å². The Labute approximate surface area is 169 Å². The molecule has 9 heteroatoms. The minimum Gasteiger partial charge on any atom is -0.469 e. The molecule has 1 aliphatic rings. The molecule has 160 valence electrons. The fourth-order valence-electron chi connectivity index (χ4n) is 3.36. The molecule has 0 unspecified atom stereocenters. The van der Waals surface area contributed by atoms with Crippen molar-refractivity contribution in [1.82, 2.24) is 9.88 Å². The molecule has 0 atom stereocenters. The first-order chi connectivity index (χ1) is 13.6. The quantitative estimate of drug-likeness (QED) is 0.563. The molecule has 1 fully saturated rings. The Hall–Kier alpha value is -2.84. The van der Waals surface area contributed by atoms with Gasteiger partial charge in [-0.1, -0.05) is 0 Å². The molecule has 0 saturated carbocycles. The molecule has 1 aromatic heterocycles. The predicted molar refractivity (Wildman–Crippen MR) is 102 cm³/mol. The number of amides is 1. The standard InChI is InChI=1S/C20H28N2O7/c1-11(2)29-19(25)16-12(3)17(21-13(16)4)20(26)28-10-15(23)22-8-6-14(7-9-22)18(24)27-5/h11,14,21H,6-10H2,1-5H3. The summed E-state index contributed by atoms with van der Waals surface area (Å²) >= 11 is 0. The number of aromatic amines is 1. The maximum Gasteiger partial charge on any atom is 0.355 e. The monoisotopic (exact) mass is 408 g/mol. The number of aromatic nitrogens is 1. The van der Waals surface area contributed by atoms with Crippen LogP contribution < -0.4 is 0 Å². The van der Waals surface area contributed by atoms with Crippen molar-refractivity contribution in [2.45, 2.75) is 46.6 Å². The SMILES string of the molecule is COC(=O)C1CCN(C(=O)COC(=O)c2[nH]c(C)c(C(=O)OC(C)C)c2C)CC1. The van der Waals surface area contributed by atoms with Crippen molar-refractivity contribution in [3.05, 3.63) is 22.5 Å². The van der Waals surface area contributed by atoms with E-state index in [2.05, 4.69) is 4.98 Å². The third kappa shape index (κ3) is 5.36. The van der Waals surface area contributed by atoms with Gasteiger partial charge in [0.1, 0.15) is 5.69 Å². The summed E-state index contributed by atoms with van der Waals surface area (Å²) in [6.45, 7) is 7.16. The van der Waals surface area contributed by atoms with Gasteiger partial charge in [0.05, 0.1) is 24.7 Å². The number of ether oxygens (including phenoxy) is 3. The number of esters is 3. The Kier molecular flexibility index (Phi) is 7.41. The first-order valence-electron chi connectivity index (χ1n) is 9.58. The zero-order chi connectivity index (χ0) is 21.7. The van der Waals surface area contributed by atoms with Crippen molar-refractivity contribution in [3.63, 3.8) is 0 Å². The maximum absolute atomic E-state index is 12.4. The fraction of sp³-hybridized carbons (Fsp3) is 0.600. The van der Waals surface area contributed by atoms with Gasteiger partial charge in [-0.05, 0) is 46.1 Å². The van der Waals surface area contributed by atoms with Crippen molar-refractivity contribution in [2.75, 3.05) is 26.8 Å². The van der Waals surface area contributed by atoms with E-state index in [0.717, 1.165) is 0 Å². The molecule has 29 heavy (non-hydrogen) atoms. The Morgan fingerprint density at radius 2 is 1.72 bits per heavy atom. The molecule has 9 nitrogen and oxygen atoms in total. The van der Waals surface area contributed by atoms with Gasteiger partial charge in [0.2, 0.25) is 0 Å². The van der Waals surface area contributed by atoms with Crippen molar-refractivity contribution in [1.29, 1.82) is 0 Å². The highest BCUT2D eigenvalue weighted by Crippen LogP contribution is 2.21. The van der Waals surface area contributed by atoms with Crippen LogP contribution in [0.1, 0.15) is 58.8 Å². The minimum atomic E-state index is -0.716. The number of aryl methyl sites for hydroxylation is 1. The van der Waals surface area contributed by atoms with E-state index in [9.17, 15) is 19.2 Å². The average molecular weight is 408 g/mol. The zero-order valence-electron chi connectivity index (χ0n) is 17.5. The summed E-state index contributed by atoms with van der Waals surface area (Å²) in [5.74, 6) is -2.04. The molecule has 2 heterocycles. The number of carbonyl (C=O) groups excluding carboxylic acids is 4. The summed E-state index contributed by atoms with van der Waals surface area (Å²) in [5, 5.41) is 0. The Morgan fingerprint density at radius 3 is 2.28 bits per heavy atom. The molecule has 0 aromatic carbocycles. The molecular formula is C20H28N2O7. The summed E-state index contributed by atoms with van der Waals surface area (Å²) in [5.41, 5.74) is 1.33. The minimum absolute atomic E-state index is 0.121. The summed E-state index contributed by atoms with van der Waals surface area (Å²) in [6.07, 6.45) is 0.748. The second kappa shape index (κ2) is 9.58. The first kappa shape index (κ1) is 22.4. The van der Waals surface area contributed by atoms with Gasteiger partial charge in [0.15, 0.2) is 6.61 Å². The van der Waals surface area contributed by atoms with Crippen molar-refractivity contribution in [2.24, 2.45) is 5.92 Å². The smallest absolute Gasteiger partial charge is 0.355 e. The largest absolute Gasteiger partial charge is 0.469 e. The summed E-state index contributed by atoms with van der Waals surface area (Å²) in [6, 6.07) is 0. The lowest BCUT2D eigenvalue weighted by Crippen LogP contribution is -2.42. The van der Waals surface area contributed by atoms with Crippen molar-refractivity contribution >= 4 is 23.8 Å². The van der Waals surface area contributed by atoms with Crippen LogP contribution in [0.5, 0.6) is 0 Å². The third-order valence-corrected chi connectivity index (χ3v) is 4.90. The van der Waals surface area contributed by atoms with Crippen LogP contribution in [0, 0.1) is 19.8 Å². The van der Waals surface area contributed by atoms with Crippen molar-refractivity contribution in [3.8, 4) is 0 Å². The number of rotatable bonds is 6. The number of nitrogens with one attached hydrogen (secondary N) is 1. The van der Waals surface area contributed by atoms with E-state index in [0.29, 0.717) is 42.8 Å². The topological polar surface area (TPSA) is 115 Å². The van der Waals surface area contributed by atoms with Gasteiger partial charge < -0.3 is 24.1 Å². The lowest BCUT2D eigenvalue weighted by Gasteiger charge is -2.30. The summed E-state index contributed by atoms with van der Waals surface area (Å²) in [7, 11) is 1.34.